The molecule has 0 aliphatic rings. The van der Waals surface area contributed by atoms with Crippen LogP contribution in [0, 0.1) is 18.3 Å². The van der Waals surface area contributed by atoms with Crippen LogP contribution in [-0.4, -0.2) is 11.9 Å². The number of nitrogens with zero attached hydrogens (tertiary/aromatic N) is 1. The van der Waals surface area contributed by atoms with Crippen LogP contribution in [-0.2, 0) is 4.79 Å². The molecule has 0 bridgehead atoms. The Hall–Kier alpha value is -3.88. The number of hydrogen-bond donors (Lipinski definition) is 1. The number of aryl methyl sites for hydroxylation is 1. The number of carbonyl (C=O) groups excluding carboxylic acids is 2. The zero-order valence-electron chi connectivity index (χ0n) is 16.1. The number of amides is 1. The number of rotatable bonds is 5. The Labute approximate surface area is 179 Å². The highest BCUT2D eigenvalue weighted by atomic mass is 35.5. The first-order valence-electron chi connectivity index (χ1n) is 9.03. The molecule has 1 N–H and O–H groups in total. The first-order valence-corrected chi connectivity index (χ1v) is 9.40. The number of ether oxygens (including phenoxy) is 1. The molecule has 0 saturated carbocycles. The van der Waals surface area contributed by atoms with Gasteiger partial charge in [-0.2, -0.15) is 5.26 Å². The van der Waals surface area contributed by atoms with Crippen LogP contribution < -0.4 is 10.1 Å². The van der Waals surface area contributed by atoms with Crippen molar-refractivity contribution in [3.8, 4) is 11.8 Å². The van der Waals surface area contributed by atoms with Crippen LogP contribution in [0.5, 0.6) is 5.75 Å². The minimum atomic E-state index is -0.531. The number of halogens is 1. The molecule has 6 heteroatoms. The van der Waals surface area contributed by atoms with Crippen LogP contribution in [0.2, 0.25) is 5.02 Å². The summed E-state index contributed by atoms with van der Waals surface area (Å²) >= 11 is 5.89. The Morgan fingerprint density at radius 1 is 1.03 bits per heavy atom. The number of para-hydroxylation sites is 1. The topological polar surface area (TPSA) is 79.2 Å². The Morgan fingerprint density at radius 2 is 1.77 bits per heavy atom. The summed E-state index contributed by atoms with van der Waals surface area (Å²) < 4.78 is 5.32. The van der Waals surface area contributed by atoms with E-state index in [1.807, 2.05) is 31.2 Å². The summed E-state index contributed by atoms with van der Waals surface area (Å²) in [6, 6.07) is 22.2. The van der Waals surface area contributed by atoms with Crippen LogP contribution in [0.4, 0.5) is 5.69 Å². The molecular weight excluding hydrogens is 400 g/mol. The highest BCUT2D eigenvalue weighted by molar-refractivity contribution is 6.30. The van der Waals surface area contributed by atoms with Gasteiger partial charge in [-0.05, 0) is 60.5 Å². The van der Waals surface area contributed by atoms with Gasteiger partial charge in [-0.3, -0.25) is 4.79 Å². The summed E-state index contributed by atoms with van der Waals surface area (Å²) in [7, 11) is 0. The highest BCUT2D eigenvalue weighted by Gasteiger charge is 2.12. The summed E-state index contributed by atoms with van der Waals surface area (Å²) in [6.45, 7) is 1.87. The molecule has 0 unspecified atom stereocenters. The second kappa shape index (κ2) is 9.55. The van der Waals surface area contributed by atoms with Crippen molar-refractivity contribution in [2.24, 2.45) is 0 Å². The molecule has 5 nitrogen and oxygen atoms in total. The maximum Gasteiger partial charge on any atom is 0.343 e. The first-order chi connectivity index (χ1) is 14.5. The molecule has 3 rings (SSSR count). The number of hydrogen-bond acceptors (Lipinski definition) is 4. The number of carbonyl (C=O) groups is 2. The lowest BCUT2D eigenvalue weighted by Gasteiger charge is -2.07. The molecular formula is C24H17ClN2O3. The Kier molecular flexibility index (Phi) is 6.63. The summed E-state index contributed by atoms with van der Waals surface area (Å²) in [5.41, 5.74) is 2.46. The summed E-state index contributed by atoms with van der Waals surface area (Å²) in [4.78, 5) is 24.6. The maximum absolute atomic E-state index is 12.4. The molecule has 0 aliphatic heterocycles. The minimum Gasteiger partial charge on any atom is -0.423 e. The van der Waals surface area contributed by atoms with Gasteiger partial charge in [0.15, 0.2) is 0 Å². The number of anilines is 1. The van der Waals surface area contributed by atoms with Gasteiger partial charge < -0.3 is 10.1 Å². The fourth-order valence-corrected chi connectivity index (χ4v) is 2.82. The molecule has 1 amide bonds. The van der Waals surface area contributed by atoms with Gasteiger partial charge in [-0.1, -0.05) is 48.0 Å². The van der Waals surface area contributed by atoms with Gasteiger partial charge in [0.1, 0.15) is 17.4 Å². The van der Waals surface area contributed by atoms with E-state index in [0.29, 0.717) is 27.6 Å². The molecule has 0 radical (unpaired) electrons. The van der Waals surface area contributed by atoms with Gasteiger partial charge in [0.2, 0.25) is 0 Å². The minimum absolute atomic E-state index is 0.0399. The van der Waals surface area contributed by atoms with Gasteiger partial charge >= 0.3 is 5.97 Å². The molecule has 148 valence electrons. The molecule has 0 fully saturated rings. The Morgan fingerprint density at radius 3 is 2.43 bits per heavy atom. The van der Waals surface area contributed by atoms with Crippen molar-refractivity contribution in [2.75, 3.05) is 5.32 Å². The number of nitrogens with one attached hydrogen (secondary N) is 1. The lowest BCUT2D eigenvalue weighted by molar-refractivity contribution is -0.112. The van der Waals surface area contributed by atoms with Crippen molar-refractivity contribution in [2.45, 2.75) is 6.92 Å². The van der Waals surface area contributed by atoms with Gasteiger partial charge in [0, 0.05) is 10.7 Å². The second-order valence-corrected chi connectivity index (χ2v) is 6.84. The Bertz CT molecular complexity index is 1160. The van der Waals surface area contributed by atoms with Crippen LogP contribution in [0.3, 0.4) is 0 Å². The molecule has 3 aromatic carbocycles. The molecule has 0 atom stereocenters. The third-order valence-electron chi connectivity index (χ3n) is 4.22. The SMILES string of the molecule is Cc1ccccc1NC(=O)/C(C#N)=C/c1ccc(OC(=O)c2cccc(Cl)c2)cc1. The fourth-order valence-electron chi connectivity index (χ4n) is 2.63. The van der Waals surface area contributed by atoms with Crippen molar-refractivity contribution in [3.63, 3.8) is 0 Å². The monoisotopic (exact) mass is 416 g/mol. The van der Waals surface area contributed by atoms with Gasteiger partial charge in [-0.15, -0.1) is 0 Å². The highest BCUT2D eigenvalue weighted by Crippen LogP contribution is 2.19. The quantitative estimate of drug-likeness (QED) is 0.261. The van der Waals surface area contributed by atoms with Crippen molar-refractivity contribution in [1.29, 1.82) is 5.26 Å². The third-order valence-corrected chi connectivity index (χ3v) is 4.46. The second-order valence-electron chi connectivity index (χ2n) is 6.41. The number of esters is 1. The van der Waals surface area contributed by atoms with Gasteiger partial charge in [-0.25, -0.2) is 4.79 Å². The molecule has 30 heavy (non-hydrogen) atoms. The van der Waals surface area contributed by atoms with E-state index in [9.17, 15) is 14.9 Å². The van der Waals surface area contributed by atoms with Crippen LogP contribution >= 0.6 is 11.6 Å². The van der Waals surface area contributed by atoms with Crippen molar-refractivity contribution < 1.29 is 14.3 Å². The van der Waals surface area contributed by atoms with Crippen molar-refractivity contribution >= 4 is 35.2 Å². The van der Waals surface area contributed by atoms with Gasteiger partial charge in [0.25, 0.3) is 5.91 Å². The maximum atomic E-state index is 12.4. The average Bonchev–Trinajstić information content (AvgIpc) is 2.74. The molecule has 0 aromatic heterocycles. The van der Waals surface area contributed by atoms with E-state index in [0.717, 1.165) is 5.56 Å². The van der Waals surface area contributed by atoms with E-state index in [1.165, 1.54) is 12.1 Å². The Balaban J connectivity index is 1.70. The van der Waals surface area contributed by atoms with E-state index >= 15 is 0 Å². The predicted octanol–water partition coefficient (Wildman–Crippen LogP) is 5.41. The van der Waals surface area contributed by atoms with E-state index < -0.39 is 11.9 Å². The fraction of sp³-hybridized carbons (Fsp3) is 0.0417. The largest absolute Gasteiger partial charge is 0.423 e. The van der Waals surface area contributed by atoms with E-state index in [1.54, 1.807) is 48.5 Å². The molecule has 0 heterocycles. The first kappa shape index (κ1) is 20.8. The van der Waals surface area contributed by atoms with E-state index in [-0.39, 0.29) is 5.57 Å². The summed E-state index contributed by atoms with van der Waals surface area (Å²) in [6.07, 6.45) is 1.47. The lowest BCUT2D eigenvalue weighted by Crippen LogP contribution is -2.14. The van der Waals surface area contributed by atoms with E-state index in [4.69, 9.17) is 16.3 Å². The zero-order valence-corrected chi connectivity index (χ0v) is 16.8. The van der Waals surface area contributed by atoms with E-state index in [2.05, 4.69) is 5.32 Å². The van der Waals surface area contributed by atoms with Crippen LogP contribution in [0.15, 0.2) is 78.4 Å². The van der Waals surface area contributed by atoms with Crippen molar-refractivity contribution in [3.05, 3.63) is 100 Å². The standard InChI is InChI=1S/C24H17ClN2O3/c1-16-5-2-3-8-22(16)27-23(28)19(15-26)13-17-9-11-21(12-10-17)30-24(29)18-6-4-7-20(25)14-18/h2-14H,1H3,(H,27,28)/b19-13+. The molecule has 0 saturated heterocycles. The smallest absolute Gasteiger partial charge is 0.343 e. The number of nitriles is 1. The predicted molar refractivity (Wildman–Crippen MR) is 116 cm³/mol. The normalized spacial score (nSPS) is 10.8. The zero-order chi connectivity index (χ0) is 21.5. The lowest BCUT2D eigenvalue weighted by atomic mass is 10.1. The van der Waals surface area contributed by atoms with Gasteiger partial charge in [0.05, 0.1) is 5.56 Å². The molecule has 0 spiro atoms. The van der Waals surface area contributed by atoms with Crippen LogP contribution in [0.1, 0.15) is 21.5 Å². The average molecular weight is 417 g/mol. The summed E-state index contributed by atoms with van der Waals surface area (Å²) in [5, 5.41) is 12.5. The van der Waals surface area contributed by atoms with Crippen molar-refractivity contribution in [1.82, 2.24) is 0 Å². The summed E-state index contributed by atoms with van der Waals surface area (Å²) in [5.74, 6) is -0.695. The molecule has 0 aliphatic carbocycles. The van der Waals surface area contributed by atoms with Crippen LogP contribution in [0.25, 0.3) is 6.08 Å². The molecule has 3 aromatic rings. The number of benzene rings is 3. The third kappa shape index (κ3) is 5.34.